The van der Waals surface area contributed by atoms with Gasteiger partial charge in [0.05, 0.1) is 0 Å². The summed E-state index contributed by atoms with van der Waals surface area (Å²) in [7, 11) is 0. The number of alkyl carbamates (subject to hydrolysis) is 1. The van der Waals surface area contributed by atoms with Crippen LogP contribution in [0.4, 0.5) is 4.79 Å². The van der Waals surface area contributed by atoms with Crippen molar-refractivity contribution in [2.45, 2.75) is 77.0 Å². The number of carbonyl (C=O) groups excluding carboxylic acids is 1. The fourth-order valence-corrected chi connectivity index (χ4v) is 3.47. The molecule has 2 aliphatic rings. The van der Waals surface area contributed by atoms with Gasteiger partial charge in [0.25, 0.3) is 0 Å². The summed E-state index contributed by atoms with van der Waals surface area (Å²) >= 11 is 0. The van der Waals surface area contributed by atoms with Gasteiger partial charge in [0.1, 0.15) is 5.60 Å². The molecule has 1 amide bonds. The van der Waals surface area contributed by atoms with Crippen molar-refractivity contribution in [2.24, 2.45) is 5.92 Å². The SMILES string of the molecule is CC(C)(C)OC(=O)NCC1CCCC1NCC1CCCCN1. The molecule has 1 saturated heterocycles. The van der Waals surface area contributed by atoms with Gasteiger partial charge in [-0.2, -0.15) is 0 Å². The van der Waals surface area contributed by atoms with E-state index in [1.807, 2.05) is 20.8 Å². The minimum atomic E-state index is -0.427. The van der Waals surface area contributed by atoms with Crippen LogP contribution in [0.15, 0.2) is 0 Å². The van der Waals surface area contributed by atoms with Crippen LogP contribution in [0.2, 0.25) is 0 Å². The highest BCUT2D eigenvalue weighted by atomic mass is 16.6. The first-order valence-electron chi connectivity index (χ1n) is 8.87. The van der Waals surface area contributed by atoms with Crippen LogP contribution in [0.3, 0.4) is 0 Å². The van der Waals surface area contributed by atoms with Crippen molar-refractivity contribution in [1.82, 2.24) is 16.0 Å². The van der Waals surface area contributed by atoms with Crippen LogP contribution in [0.1, 0.15) is 59.3 Å². The lowest BCUT2D eigenvalue weighted by Crippen LogP contribution is -2.47. The number of hydrogen-bond acceptors (Lipinski definition) is 4. The smallest absolute Gasteiger partial charge is 0.407 e. The van der Waals surface area contributed by atoms with Gasteiger partial charge in [0.15, 0.2) is 0 Å². The van der Waals surface area contributed by atoms with E-state index in [9.17, 15) is 4.79 Å². The van der Waals surface area contributed by atoms with E-state index < -0.39 is 5.60 Å². The molecule has 2 fully saturated rings. The number of amides is 1. The summed E-state index contributed by atoms with van der Waals surface area (Å²) in [6.45, 7) is 8.59. The molecule has 2 rings (SSSR count). The summed E-state index contributed by atoms with van der Waals surface area (Å²) in [5, 5.41) is 10.2. The molecule has 1 aliphatic carbocycles. The Bertz CT molecular complexity index is 348. The number of carbonyl (C=O) groups is 1. The van der Waals surface area contributed by atoms with Gasteiger partial charge in [-0.15, -0.1) is 0 Å². The number of piperidine rings is 1. The average Bonchev–Trinajstić information content (AvgIpc) is 2.90. The van der Waals surface area contributed by atoms with Crippen molar-refractivity contribution in [2.75, 3.05) is 19.6 Å². The summed E-state index contributed by atoms with van der Waals surface area (Å²) in [6.07, 6.45) is 7.28. The average molecular weight is 311 g/mol. The molecule has 0 bridgehead atoms. The van der Waals surface area contributed by atoms with Gasteiger partial charge >= 0.3 is 6.09 Å². The van der Waals surface area contributed by atoms with Crippen LogP contribution in [0.5, 0.6) is 0 Å². The Balaban J connectivity index is 1.67. The lowest BCUT2D eigenvalue weighted by molar-refractivity contribution is 0.0517. The third kappa shape index (κ3) is 6.13. The van der Waals surface area contributed by atoms with E-state index >= 15 is 0 Å². The zero-order chi connectivity index (χ0) is 16.0. The second-order valence-electron chi connectivity index (χ2n) is 7.74. The molecule has 1 saturated carbocycles. The number of hydrogen-bond donors (Lipinski definition) is 3. The molecular formula is C17H33N3O2. The molecule has 3 unspecified atom stereocenters. The second-order valence-corrected chi connectivity index (χ2v) is 7.74. The molecule has 128 valence electrons. The zero-order valence-corrected chi connectivity index (χ0v) is 14.4. The van der Waals surface area contributed by atoms with E-state index in [0.717, 1.165) is 13.1 Å². The topological polar surface area (TPSA) is 62.4 Å². The van der Waals surface area contributed by atoms with Gasteiger partial charge in [-0.25, -0.2) is 4.79 Å². The quantitative estimate of drug-likeness (QED) is 0.730. The minimum Gasteiger partial charge on any atom is -0.444 e. The van der Waals surface area contributed by atoms with Gasteiger partial charge < -0.3 is 20.7 Å². The van der Waals surface area contributed by atoms with Crippen LogP contribution < -0.4 is 16.0 Å². The van der Waals surface area contributed by atoms with Gasteiger partial charge in [-0.1, -0.05) is 12.8 Å². The molecule has 5 nitrogen and oxygen atoms in total. The molecule has 5 heteroatoms. The summed E-state index contributed by atoms with van der Waals surface area (Å²) in [6, 6.07) is 1.15. The lowest BCUT2D eigenvalue weighted by Gasteiger charge is -2.28. The lowest BCUT2D eigenvalue weighted by atomic mass is 10.0. The molecule has 3 atom stereocenters. The van der Waals surface area contributed by atoms with Gasteiger partial charge in [0, 0.05) is 25.2 Å². The maximum absolute atomic E-state index is 11.8. The third-order valence-corrected chi connectivity index (χ3v) is 4.61. The standard InChI is InChI=1S/C17H33N3O2/c1-17(2,3)22-16(21)20-11-13-7-6-9-15(13)19-12-14-8-4-5-10-18-14/h13-15,18-19H,4-12H2,1-3H3,(H,20,21). The molecule has 22 heavy (non-hydrogen) atoms. The number of rotatable bonds is 5. The first-order chi connectivity index (χ1) is 10.4. The summed E-state index contributed by atoms with van der Waals surface area (Å²) in [5.74, 6) is 0.524. The molecular weight excluding hydrogens is 278 g/mol. The Hall–Kier alpha value is -0.810. The van der Waals surface area contributed by atoms with Crippen molar-refractivity contribution in [3.8, 4) is 0 Å². The van der Waals surface area contributed by atoms with E-state index in [1.165, 1.54) is 38.5 Å². The Kier molecular flexibility index (Phi) is 6.50. The van der Waals surface area contributed by atoms with Crippen LogP contribution in [0, 0.1) is 5.92 Å². The Morgan fingerprint density at radius 3 is 2.64 bits per heavy atom. The van der Waals surface area contributed by atoms with Crippen molar-refractivity contribution in [3.63, 3.8) is 0 Å². The van der Waals surface area contributed by atoms with Crippen LogP contribution in [-0.4, -0.2) is 43.4 Å². The molecule has 0 radical (unpaired) electrons. The van der Waals surface area contributed by atoms with Crippen molar-refractivity contribution < 1.29 is 9.53 Å². The van der Waals surface area contributed by atoms with Gasteiger partial charge in [-0.3, -0.25) is 0 Å². The van der Waals surface area contributed by atoms with Crippen LogP contribution in [-0.2, 0) is 4.74 Å². The Morgan fingerprint density at radius 2 is 1.95 bits per heavy atom. The van der Waals surface area contributed by atoms with E-state index in [0.29, 0.717) is 24.5 Å². The third-order valence-electron chi connectivity index (χ3n) is 4.61. The number of ether oxygens (including phenoxy) is 1. The van der Waals surface area contributed by atoms with Crippen molar-refractivity contribution in [3.05, 3.63) is 0 Å². The largest absolute Gasteiger partial charge is 0.444 e. The summed E-state index contributed by atoms with van der Waals surface area (Å²) in [5.41, 5.74) is -0.427. The highest BCUT2D eigenvalue weighted by Crippen LogP contribution is 2.25. The Labute approximate surface area is 134 Å². The molecule has 0 aromatic heterocycles. The first kappa shape index (κ1) is 17.5. The van der Waals surface area contributed by atoms with Crippen LogP contribution >= 0.6 is 0 Å². The second kappa shape index (κ2) is 8.16. The predicted molar refractivity (Wildman–Crippen MR) is 89.0 cm³/mol. The van der Waals surface area contributed by atoms with E-state index in [4.69, 9.17) is 4.74 Å². The van der Waals surface area contributed by atoms with E-state index in [-0.39, 0.29) is 6.09 Å². The van der Waals surface area contributed by atoms with Crippen molar-refractivity contribution in [1.29, 1.82) is 0 Å². The first-order valence-corrected chi connectivity index (χ1v) is 8.87. The summed E-state index contributed by atoms with van der Waals surface area (Å²) in [4.78, 5) is 11.8. The molecule has 1 heterocycles. The Morgan fingerprint density at radius 1 is 1.14 bits per heavy atom. The monoisotopic (exact) mass is 311 g/mol. The molecule has 0 spiro atoms. The minimum absolute atomic E-state index is 0.299. The van der Waals surface area contributed by atoms with Gasteiger partial charge in [-0.05, 0) is 58.9 Å². The molecule has 1 aliphatic heterocycles. The highest BCUT2D eigenvalue weighted by Gasteiger charge is 2.28. The highest BCUT2D eigenvalue weighted by molar-refractivity contribution is 5.67. The summed E-state index contributed by atoms with van der Waals surface area (Å²) < 4.78 is 5.31. The maximum Gasteiger partial charge on any atom is 0.407 e. The molecule has 3 N–H and O–H groups in total. The van der Waals surface area contributed by atoms with Crippen LogP contribution in [0.25, 0.3) is 0 Å². The fourth-order valence-electron chi connectivity index (χ4n) is 3.47. The van der Waals surface area contributed by atoms with Gasteiger partial charge in [0.2, 0.25) is 0 Å². The van der Waals surface area contributed by atoms with Crippen molar-refractivity contribution >= 4 is 6.09 Å². The fraction of sp³-hybridized carbons (Fsp3) is 0.941. The normalized spacial score (nSPS) is 29.3. The zero-order valence-electron chi connectivity index (χ0n) is 14.4. The van der Waals surface area contributed by atoms with E-state index in [2.05, 4.69) is 16.0 Å². The number of nitrogens with one attached hydrogen (secondary N) is 3. The van der Waals surface area contributed by atoms with E-state index in [1.54, 1.807) is 0 Å². The molecule has 0 aromatic rings. The predicted octanol–water partition coefficient (Wildman–Crippen LogP) is 2.41. The molecule has 0 aromatic carbocycles. The maximum atomic E-state index is 11.8.